The lowest BCUT2D eigenvalue weighted by Crippen LogP contribution is -2.45. The second-order valence-corrected chi connectivity index (χ2v) is 11.1. The van der Waals surface area contributed by atoms with Gasteiger partial charge >= 0.3 is 0 Å². The molecule has 0 spiro atoms. The molecule has 0 saturated heterocycles. The Morgan fingerprint density at radius 3 is 1.66 bits per heavy atom. The van der Waals surface area contributed by atoms with Crippen LogP contribution in [-0.2, 0) is 18.9 Å². The molecule has 2 atom stereocenters. The van der Waals surface area contributed by atoms with E-state index in [1.807, 2.05) is 34.6 Å². The molecule has 6 heteroatoms. The molecule has 0 aromatic heterocycles. The lowest BCUT2D eigenvalue weighted by atomic mass is 9.76. The normalized spacial score (nSPS) is 17.2. The van der Waals surface area contributed by atoms with Gasteiger partial charge in [-0.1, -0.05) is 0 Å². The van der Waals surface area contributed by atoms with Crippen molar-refractivity contribution >= 4 is 15.7 Å². The van der Waals surface area contributed by atoms with E-state index in [-0.39, 0.29) is 34.8 Å². The Kier molecular flexibility index (Phi) is 11.0. The number of hydrogen-bond acceptors (Lipinski definition) is 4. The van der Waals surface area contributed by atoms with E-state index < -0.39 is 5.50 Å². The van der Waals surface area contributed by atoms with Crippen LogP contribution in [0.4, 0.5) is 0 Å². The van der Waals surface area contributed by atoms with Crippen LogP contribution in [0.3, 0.4) is 0 Å². The van der Waals surface area contributed by atoms with Gasteiger partial charge in [-0.25, -0.2) is 0 Å². The maximum absolute atomic E-state index is 6.31. The zero-order valence-electron chi connectivity index (χ0n) is 21.1. The lowest BCUT2D eigenvalue weighted by molar-refractivity contribution is -0.126. The number of ether oxygens (including phenoxy) is 4. The summed E-state index contributed by atoms with van der Waals surface area (Å²) in [6.07, 6.45) is 2.28. The van der Waals surface area contributed by atoms with Crippen molar-refractivity contribution in [3.63, 3.8) is 0 Å². The summed E-state index contributed by atoms with van der Waals surface area (Å²) in [6, 6.07) is 0. The van der Waals surface area contributed by atoms with Crippen LogP contribution in [0.15, 0.2) is 0 Å². The zero-order chi connectivity index (χ0) is 23.1. The maximum Gasteiger partial charge on any atom is 0.113 e. The molecule has 0 N–H and O–H groups in total. The topological polar surface area (TPSA) is 36.9 Å². The molecule has 0 fully saturated rings. The average molecular weight is 408 g/mol. The third-order valence-corrected chi connectivity index (χ3v) is 5.08. The summed E-state index contributed by atoms with van der Waals surface area (Å²) in [4.78, 5) is 0. The summed E-state index contributed by atoms with van der Waals surface area (Å²) in [5.41, 5.74) is -2.01. The number of hydrogen-bond donors (Lipinski definition) is 0. The van der Waals surface area contributed by atoms with Gasteiger partial charge in [-0.2, -0.15) is 0 Å². The van der Waals surface area contributed by atoms with Crippen molar-refractivity contribution in [2.24, 2.45) is 5.92 Å². The maximum atomic E-state index is 6.31. The molecule has 4 nitrogen and oxygen atoms in total. The Labute approximate surface area is 184 Å². The second-order valence-electron chi connectivity index (χ2n) is 11.1. The van der Waals surface area contributed by atoms with Crippen LogP contribution in [0.1, 0.15) is 95.4 Å². The van der Waals surface area contributed by atoms with E-state index in [1.54, 1.807) is 0 Å². The van der Waals surface area contributed by atoms with E-state index in [9.17, 15) is 0 Å². The largest absolute Gasteiger partial charge is 0.385 e. The van der Waals surface area contributed by atoms with Gasteiger partial charge in [-0.15, -0.1) is 0 Å². The minimum atomic E-state index is -0.730. The molecule has 4 radical (unpaired) electrons. The predicted octanol–water partition coefficient (Wildman–Crippen LogP) is 5.00. The third kappa shape index (κ3) is 13.1. The molecule has 0 aromatic rings. The van der Waals surface area contributed by atoms with Gasteiger partial charge < -0.3 is 18.9 Å². The summed E-state index contributed by atoms with van der Waals surface area (Å²) in [5, 5.41) is 0. The third-order valence-electron chi connectivity index (χ3n) is 5.08. The Morgan fingerprint density at radius 2 is 1.24 bits per heavy atom. The quantitative estimate of drug-likeness (QED) is 0.379. The highest BCUT2D eigenvalue weighted by molar-refractivity contribution is 6.14. The molecule has 0 amide bonds. The molecular formula is C23H46B2O4. The van der Waals surface area contributed by atoms with E-state index in [2.05, 4.69) is 41.5 Å². The molecule has 0 rings (SSSR count). The van der Waals surface area contributed by atoms with Crippen LogP contribution >= 0.6 is 0 Å². The van der Waals surface area contributed by atoms with Crippen LogP contribution in [0.2, 0.25) is 0 Å². The summed E-state index contributed by atoms with van der Waals surface area (Å²) in [6.45, 7) is 24.0. The molecule has 0 bridgehead atoms. The zero-order valence-corrected chi connectivity index (χ0v) is 21.1. The van der Waals surface area contributed by atoms with Crippen LogP contribution in [0.5, 0.6) is 0 Å². The van der Waals surface area contributed by atoms with E-state index >= 15 is 0 Å². The molecule has 0 heterocycles. The van der Waals surface area contributed by atoms with Gasteiger partial charge in [0.2, 0.25) is 0 Å². The van der Waals surface area contributed by atoms with E-state index in [0.29, 0.717) is 19.6 Å². The molecule has 0 aliphatic carbocycles. The summed E-state index contributed by atoms with van der Waals surface area (Å²) in [7, 11) is 12.0. The Bertz CT molecular complexity index is 468. The molecule has 2 unspecified atom stereocenters. The molecule has 0 aliphatic heterocycles. The van der Waals surface area contributed by atoms with Crippen LogP contribution in [-0.4, -0.2) is 63.3 Å². The fraction of sp³-hybridized carbons (Fsp3) is 1.00. The van der Waals surface area contributed by atoms with Gasteiger partial charge in [-0.3, -0.25) is 0 Å². The van der Waals surface area contributed by atoms with Gasteiger partial charge in [0.05, 0.1) is 22.4 Å². The van der Waals surface area contributed by atoms with Crippen molar-refractivity contribution in [1.29, 1.82) is 0 Å². The molecular weight excluding hydrogens is 362 g/mol. The highest BCUT2D eigenvalue weighted by atomic mass is 16.5. The minimum absolute atomic E-state index is 0.190. The average Bonchev–Trinajstić information content (AvgIpc) is 2.42. The van der Waals surface area contributed by atoms with Crippen molar-refractivity contribution in [2.45, 2.75) is 123 Å². The van der Waals surface area contributed by atoms with E-state index in [1.165, 1.54) is 0 Å². The van der Waals surface area contributed by atoms with Gasteiger partial charge in [0.15, 0.2) is 0 Å². The fourth-order valence-corrected chi connectivity index (χ4v) is 3.87. The first-order valence-electron chi connectivity index (χ1n) is 11.0. The predicted molar refractivity (Wildman–Crippen MR) is 124 cm³/mol. The first-order valence-corrected chi connectivity index (χ1v) is 11.0. The first kappa shape index (κ1) is 29.0. The summed E-state index contributed by atoms with van der Waals surface area (Å²) >= 11 is 0. The molecule has 0 saturated carbocycles. The first-order chi connectivity index (χ1) is 12.8. The summed E-state index contributed by atoms with van der Waals surface area (Å²) in [5.74, 6) is 0.206. The van der Waals surface area contributed by atoms with Gasteiger partial charge in [-0.05, 0) is 101 Å². The number of rotatable bonds is 14. The molecule has 0 aromatic carbocycles. The van der Waals surface area contributed by atoms with E-state index in [4.69, 9.17) is 34.6 Å². The van der Waals surface area contributed by atoms with Crippen molar-refractivity contribution in [3.8, 4) is 0 Å². The minimum Gasteiger partial charge on any atom is -0.385 e. The SMILES string of the molecule is [B]COC(C)(C)C(CC(C)(C)OCC)CC(C)(C)OCCC([B])(C)OC(C)(C)C. The van der Waals surface area contributed by atoms with Crippen molar-refractivity contribution in [1.82, 2.24) is 0 Å². The molecule has 29 heavy (non-hydrogen) atoms. The fourth-order valence-electron chi connectivity index (χ4n) is 3.87. The van der Waals surface area contributed by atoms with Crippen LogP contribution in [0.25, 0.3) is 0 Å². The van der Waals surface area contributed by atoms with Crippen LogP contribution in [0, 0.1) is 5.92 Å². The van der Waals surface area contributed by atoms with Crippen molar-refractivity contribution in [2.75, 3.05) is 19.7 Å². The lowest BCUT2D eigenvalue weighted by Gasteiger charge is -2.43. The Balaban J connectivity index is 5.10. The molecule has 0 aliphatic rings. The highest BCUT2D eigenvalue weighted by Gasteiger charge is 2.39. The van der Waals surface area contributed by atoms with Crippen molar-refractivity contribution in [3.05, 3.63) is 0 Å². The standard InChI is InChI=1S/C23H46B2O4/c1-12-26-20(5,6)15-18(22(9,10)28-17-24)16-21(7,8)27-14-13-23(11,25)29-19(2,3)4/h18H,12-17H2,1-11H3. The Hall–Kier alpha value is -0.0301. The monoisotopic (exact) mass is 408 g/mol. The van der Waals surface area contributed by atoms with Crippen molar-refractivity contribution < 1.29 is 18.9 Å². The van der Waals surface area contributed by atoms with Crippen LogP contribution < -0.4 is 0 Å². The highest BCUT2D eigenvalue weighted by Crippen LogP contribution is 2.37. The summed E-state index contributed by atoms with van der Waals surface area (Å²) < 4.78 is 24.1. The van der Waals surface area contributed by atoms with E-state index in [0.717, 1.165) is 12.8 Å². The van der Waals surface area contributed by atoms with Gasteiger partial charge in [0.1, 0.15) is 15.7 Å². The Morgan fingerprint density at radius 1 is 0.759 bits per heavy atom. The smallest absolute Gasteiger partial charge is 0.113 e. The molecule has 168 valence electrons. The van der Waals surface area contributed by atoms with Gasteiger partial charge in [0.25, 0.3) is 0 Å². The van der Waals surface area contributed by atoms with Gasteiger partial charge in [0, 0.05) is 25.2 Å². The second kappa shape index (κ2) is 11.0.